The highest BCUT2D eigenvalue weighted by Gasteiger charge is 2.29. The molecule has 1 atom stereocenters. The van der Waals surface area contributed by atoms with E-state index in [1.807, 2.05) is 0 Å². The van der Waals surface area contributed by atoms with Gasteiger partial charge in [-0.15, -0.1) is 5.10 Å². The molecule has 9 nitrogen and oxygen atoms in total. The first kappa shape index (κ1) is 17.2. The second kappa shape index (κ2) is 7.99. The van der Waals surface area contributed by atoms with Gasteiger partial charge in [-0.2, -0.15) is 0 Å². The highest BCUT2D eigenvalue weighted by Crippen LogP contribution is 2.21. The van der Waals surface area contributed by atoms with Crippen molar-refractivity contribution in [1.29, 1.82) is 0 Å². The van der Waals surface area contributed by atoms with Gasteiger partial charge >= 0.3 is 6.03 Å². The number of carbonyl (C=O) groups is 1. The summed E-state index contributed by atoms with van der Waals surface area (Å²) in [5.41, 5.74) is 0.401. The van der Waals surface area contributed by atoms with Crippen LogP contribution in [-0.2, 0) is 16.0 Å². The molecule has 0 saturated carbocycles. The number of anilines is 1. The molecule has 1 saturated heterocycles. The molecule has 2 aromatic rings. The zero-order valence-electron chi connectivity index (χ0n) is 13.8. The van der Waals surface area contributed by atoms with E-state index in [4.69, 9.17) is 9.47 Å². The van der Waals surface area contributed by atoms with Crippen LogP contribution in [0.1, 0.15) is 11.9 Å². The van der Waals surface area contributed by atoms with E-state index in [0.717, 1.165) is 0 Å². The van der Waals surface area contributed by atoms with Crippen LogP contribution in [0, 0.1) is 5.82 Å². The molecular weight excluding hydrogens is 331 g/mol. The monoisotopic (exact) mass is 350 g/mol. The van der Waals surface area contributed by atoms with Gasteiger partial charge in [0.15, 0.2) is 5.82 Å². The van der Waals surface area contributed by atoms with E-state index < -0.39 is 11.9 Å². The third-order valence-electron chi connectivity index (χ3n) is 3.78. The summed E-state index contributed by atoms with van der Waals surface area (Å²) in [6.07, 6.45) is -0.432. The van der Waals surface area contributed by atoms with E-state index in [9.17, 15) is 9.18 Å². The zero-order valence-corrected chi connectivity index (χ0v) is 13.8. The van der Waals surface area contributed by atoms with Gasteiger partial charge in [-0.25, -0.2) is 13.9 Å². The predicted octanol–water partition coefficient (Wildman–Crippen LogP) is 1.06. The number of carbonyl (C=O) groups excluding carboxylic acids is 1. The zero-order chi connectivity index (χ0) is 17.6. The molecule has 25 heavy (non-hydrogen) atoms. The number of urea groups is 1. The van der Waals surface area contributed by atoms with Crippen LogP contribution in [0.5, 0.6) is 0 Å². The second-order valence-electron chi connectivity index (χ2n) is 5.50. The molecule has 1 aromatic carbocycles. The lowest BCUT2D eigenvalue weighted by Crippen LogP contribution is -2.45. The van der Waals surface area contributed by atoms with Gasteiger partial charge in [0, 0.05) is 19.3 Å². The number of methoxy groups -OCH3 is 1. The topological polar surface area (TPSA) is 94.4 Å². The first-order valence-electron chi connectivity index (χ1n) is 7.85. The van der Waals surface area contributed by atoms with Crippen molar-refractivity contribution in [1.82, 2.24) is 25.1 Å². The Balaban J connectivity index is 1.64. The molecule has 1 aliphatic rings. The highest BCUT2D eigenvalue weighted by atomic mass is 19.1. The standard InChI is InChI=1S/C15H19FN6O3/c1-24-7-6-22-14(18-19-20-22)13-10-21(5-8-25-13)15(23)17-12-4-2-3-11(16)9-12/h2-4,9,13H,5-8,10H2,1H3,(H,17,23)/t13-/m1/s1. The van der Waals surface area contributed by atoms with E-state index in [2.05, 4.69) is 20.8 Å². The maximum atomic E-state index is 13.2. The van der Waals surface area contributed by atoms with E-state index in [1.165, 1.54) is 18.2 Å². The molecule has 2 heterocycles. The summed E-state index contributed by atoms with van der Waals surface area (Å²) in [6, 6.07) is 5.43. The number of hydrogen-bond donors (Lipinski definition) is 1. The third-order valence-corrected chi connectivity index (χ3v) is 3.78. The quantitative estimate of drug-likeness (QED) is 0.867. The van der Waals surface area contributed by atoms with Crippen molar-refractivity contribution in [3.8, 4) is 0 Å². The number of aromatic nitrogens is 4. The number of hydrogen-bond acceptors (Lipinski definition) is 6. The summed E-state index contributed by atoms with van der Waals surface area (Å²) in [5, 5.41) is 14.3. The Bertz CT molecular complexity index is 725. The van der Waals surface area contributed by atoms with Crippen LogP contribution < -0.4 is 5.32 Å². The van der Waals surface area contributed by atoms with Gasteiger partial charge in [0.05, 0.1) is 26.3 Å². The van der Waals surface area contributed by atoms with Crippen LogP contribution in [0.3, 0.4) is 0 Å². The summed E-state index contributed by atoms with van der Waals surface area (Å²) in [6.45, 7) is 2.05. The van der Waals surface area contributed by atoms with Gasteiger partial charge in [0.1, 0.15) is 11.9 Å². The molecule has 2 amide bonds. The smallest absolute Gasteiger partial charge is 0.322 e. The number of nitrogens with one attached hydrogen (secondary N) is 1. The van der Waals surface area contributed by atoms with E-state index in [-0.39, 0.29) is 6.03 Å². The maximum Gasteiger partial charge on any atom is 0.322 e. The molecule has 0 unspecified atom stereocenters. The van der Waals surface area contributed by atoms with Gasteiger partial charge < -0.3 is 19.7 Å². The highest BCUT2D eigenvalue weighted by molar-refractivity contribution is 5.89. The Morgan fingerprint density at radius 1 is 1.52 bits per heavy atom. The number of tetrazole rings is 1. The number of morpholine rings is 1. The van der Waals surface area contributed by atoms with E-state index in [1.54, 1.807) is 22.8 Å². The molecule has 134 valence electrons. The summed E-state index contributed by atoms with van der Waals surface area (Å²) >= 11 is 0. The number of amides is 2. The molecule has 1 aliphatic heterocycles. The molecule has 0 aliphatic carbocycles. The Labute approximate surface area is 143 Å². The predicted molar refractivity (Wildman–Crippen MR) is 85.4 cm³/mol. The largest absolute Gasteiger partial charge is 0.383 e. The number of rotatable bonds is 5. The minimum atomic E-state index is -0.432. The van der Waals surface area contributed by atoms with Crippen LogP contribution in [-0.4, -0.2) is 64.6 Å². The average Bonchev–Trinajstić information content (AvgIpc) is 3.08. The van der Waals surface area contributed by atoms with Crippen LogP contribution in [0.15, 0.2) is 24.3 Å². The number of ether oxygens (including phenoxy) is 2. The average molecular weight is 350 g/mol. The van der Waals surface area contributed by atoms with Gasteiger partial charge in [-0.05, 0) is 28.6 Å². The molecule has 0 spiro atoms. The fourth-order valence-corrected chi connectivity index (χ4v) is 2.54. The second-order valence-corrected chi connectivity index (χ2v) is 5.50. The third kappa shape index (κ3) is 4.28. The first-order chi connectivity index (χ1) is 12.2. The Hall–Kier alpha value is -2.59. The summed E-state index contributed by atoms with van der Waals surface area (Å²) in [5.74, 6) is 0.135. The molecule has 1 N–H and O–H groups in total. The maximum absolute atomic E-state index is 13.2. The first-order valence-corrected chi connectivity index (χ1v) is 7.85. The summed E-state index contributed by atoms with van der Waals surface area (Å²) in [7, 11) is 1.60. The molecule has 1 aromatic heterocycles. The fraction of sp³-hybridized carbons (Fsp3) is 0.467. The van der Waals surface area contributed by atoms with Crippen LogP contribution in [0.4, 0.5) is 14.9 Å². The van der Waals surface area contributed by atoms with Gasteiger partial charge in [-0.1, -0.05) is 6.07 Å². The van der Waals surface area contributed by atoms with Crippen molar-refractivity contribution in [2.75, 3.05) is 38.7 Å². The van der Waals surface area contributed by atoms with Crippen molar-refractivity contribution >= 4 is 11.7 Å². The van der Waals surface area contributed by atoms with Crippen molar-refractivity contribution in [2.45, 2.75) is 12.6 Å². The number of benzene rings is 1. The van der Waals surface area contributed by atoms with Crippen molar-refractivity contribution in [2.24, 2.45) is 0 Å². The minimum absolute atomic E-state index is 0.300. The Morgan fingerprint density at radius 3 is 3.20 bits per heavy atom. The van der Waals surface area contributed by atoms with Crippen molar-refractivity contribution in [3.05, 3.63) is 35.9 Å². The van der Waals surface area contributed by atoms with Gasteiger partial charge in [0.2, 0.25) is 0 Å². The van der Waals surface area contributed by atoms with Crippen LogP contribution in [0.2, 0.25) is 0 Å². The molecule has 0 bridgehead atoms. The molecular formula is C15H19FN6O3. The SMILES string of the molecule is COCCn1nnnc1[C@H]1CN(C(=O)Nc2cccc(F)c2)CCO1. The lowest BCUT2D eigenvalue weighted by atomic mass is 10.2. The molecule has 3 rings (SSSR count). The normalized spacial score (nSPS) is 17.5. The van der Waals surface area contributed by atoms with Crippen LogP contribution >= 0.6 is 0 Å². The molecule has 10 heteroatoms. The Kier molecular flexibility index (Phi) is 5.51. The van der Waals surface area contributed by atoms with Crippen molar-refractivity contribution in [3.63, 3.8) is 0 Å². The fourth-order valence-electron chi connectivity index (χ4n) is 2.54. The summed E-state index contributed by atoms with van der Waals surface area (Å²) in [4.78, 5) is 14.0. The molecule has 1 fully saturated rings. The van der Waals surface area contributed by atoms with E-state index >= 15 is 0 Å². The molecule has 0 radical (unpaired) electrons. The van der Waals surface area contributed by atoms with Gasteiger partial charge in [0.25, 0.3) is 0 Å². The Morgan fingerprint density at radius 2 is 2.40 bits per heavy atom. The van der Waals surface area contributed by atoms with Crippen molar-refractivity contribution < 1.29 is 18.7 Å². The minimum Gasteiger partial charge on any atom is -0.383 e. The lowest BCUT2D eigenvalue weighted by molar-refractivity contribution is -0.0209. The van der Waals surface area contributed by atoms with E-state index in [0.29, 0.717) is 44.4 Å². The number of halogens is 1. The van der Waals surface area contributed by atoms with Gasteiger partial charge in [-0.3, -0.25) is 0 Å². The summed E-state index contributed by atoms with van der Waals surface area (Å²) < 4.78 is 25.6. The lowest BCUT2D eigenvalue weighted by Gasteiger charge is -2.32. The van der Waals surface area contributed by atoms with Crippen LogP contribution in [0.25, 0.3) is 0 Å². The number of nitrogens with zero attached hydrogens (tertiary/aromatic N) is 5.